The minimum absolute atomic E-state index is 0.195. The van der Waals surface area contributed by atoms with E-state index in [9.17, 15) is 4.79 Å². The monoisotopic (exact) mass is 297 g/mol. The standard InChI is InChI=1S/C12H12BrNOS/c13-8-1-2-10-9(7-8)12(11(15)14-10)3-5-16-6-4-12/h1-2,7H,3-6H2,(H,14,15). The molecule has 2 nitrogen and oxygen atoms in total. The van der Waals surface area contributed by atoms with E-state index in [-0.39, 0.29) is 11.3 Å². The number of thioether (sulfide) groups is 1. The summed E-state index contributed by atoms with van der Waals surface area (Å²) in [5.41, 5.74) is 1.94. The molecule has 0 aromatic heterocycles. The summed E-state index contributed by atoms with van der Waals surface area (Å²) in [6.07, 6.45) is 1.93. The van der Waals surface area contributed by atoms with Gasteiger partial charge in [0.1, 0.15) is 0 Å². The highest BCUT2D eigenvalue weighted by Gasteiger charge is 2.47. The molecule has 0 bridgehead atoms. The van der Waals surface area contributed by atoms with Crippen LogP contribution >= 0.6 is 27.7 Å². The molecule has 0 radical (unpaired) electrons. The van der Waals surface area contributed by atoms with Gasteiger partial charge >= 0.3 is 0 Å². The predicted octanol–water partition coefficient (Wildman–Crippen LogP) is 3.17. The molecule has 1 spiro atoms. The maximum absolute atomic E-state index is 12.2. The minimum Gasteiger partial charge on any atom is -0.325 e. The number of benzene rings is 1. The molecule has 0 unspecified atom stereocenters. The lowest BCUT2D eigenvalue weighted by molar-refractivity contribution is -0.121. The highest BCUT2D eigenvalue weighted by atomic mass is 79.9. The van der Waals surface area contributed by atoms with Crippen LogP contribution in [-0.2, 0) is 10.2 Å². The van der Waals surface area contributed by atoms with Gasteiger partial charge < -0.3 is 5.32 Å². The van der Waals surface area contributed by atoms with Gasteiger partial charge in [0.05, 0.1) is 5.41 Å². The predicted molar refractivity (Wildman–Crippen MR) is 71.0 cm³/mol. The van der Waals surface area contributed by atoms with Gasteiger partial charge in [-0.05, 0) is 48.1 Å². The van der Waals surface area contributed by atoms with Crippen LogP contribution in [0.2, 0.25) is 0 Å². The number of carbonyl (C=O) groups is 1. The number of anilines is 1. The molecule has 2 aliphatic heterocycles. The van der Waals surface area contributed by atoms with E-state index in [1.54, 1.807) is 0 Å². The van der Waals surface area contributed by atoms with E-state index in [4.69, 9.17) is 0 Å². The first kappa shape index (κ1) is 10.7. The summed E-state index contributed by atoms with van der Waals surface area (Å²) in [7, 11) is 0. The second kappa shape index (κ2) is 3.77. The van der Waals surface area contributed by atoms with Crippen molar-refractivity contribution < 1.29 is 4.79 Å². The molecule has 0 atom stereocenters. The molecule has 1 aromatic rings. The van der Waals surface area contributed by atoms with Crippen LogP contribution in [0.15, 0.2) is 22.7 Å². The molecule has 1 aromatic carbocycles. The van der Waals surface area contributed by atoms with Crippen molar-refractivity contribution in [2.24, 2.45) is 0 Å². The number of fused-ring (bicyclic) bond motifs is 2. The van der Waals surface area contributed by atoms with Crippen LogP contribution in [-0.4, -0.2) is 17.4 Å². The van der Waals surface area contributed by atoms with Crippen LogP contribution < -0.4 is 5.32 Å². The number of hydrogen-bond acceptors (Lipinski definition) is 2. The first-order valence-corrected chi connectivity index (χ1v) is 7.36. The van der Waals surface area contributed by atoms with Crippen molar-refractivity contribution in [3.63, 3.8) is 0 Å². The Labute approximate surface area is 107 Å². The van der Waals surface area contributed by atoms with E-state index < -0.39 is 0 Å². The Hall–Kier alpha value is -0.480. The summed E-state index contributed by atoms with van der Waals surface area (Å²) in [5.74, 6) is 2.36. The van der Waals surface area contributed by atoms with Crippen LogP contribution in [0, 0.1) is 0 Å². The van der Waals surface area contributed by atoms with Crippen molar-refractivity contribution in [2.45, 2.75) is 18.3 Å². The van der Waals surface area contributed by atoms with E-state index in [2.05, 4.69) is 27.3 Å². The maximum Gasteiger partial charge on any atom is 0.235 e. The molecule has 1 fully saturated rings. The third-order valence-electron chi connectivity index (χ3n) is 3.53. The van der Waals surface area contributed by atoms with E-state index in [1.807, 2.05) is 23.9 Å². The van der Waals surface area contributed by atoms with Crippen LogP contribution in [0.5, 0.6) is 0 Å². The number of halogens is 1. The molecule has 4 heteroatoms. The maximum atomic E-state index is 12.2. The van der Waals surface area contributed by atoms with Crippen molar-refractivity contribution in [3.8, 4) is 0 Å². The van der Waals surface area contributed by atoms with Crippen LogP contribution in [0.4, 0.5) is 5.69 Å². The van der Waals surface area contributed by atoms with E-state index >= 15 is 0 Å². The second-order valence-corrected chi connectivity index (χ2v) is 6.48. The van der Waals surface area contributed by atoms with Crippen molar-refractivity contribution in [1.82, 2.24) is 0 Å². The largest absolute Gasteiger partial charge is 0.325 e. The lowest BCUT2D eigenvalue weighted by Gasteiger charge is -2.31. The highest BCUT2D eigenvalue weighted by Crippen LogP contribution is 2.47. The first-order valence-electron chi connectivity index (χ1n) is 5.42. The highest BCUT2D eigenvalue weighted by molar-refractivity contribution is 9.10. The Morgan fingerprint density at radius 3 is 2.81 bits per heavy atom. The normalized spacial score (nSPS) is 21.9. The Bertz CT molecular complexity index is 454. The third kappa shape index (κ3) is 1.43. The fourth-order valence-electron chi connectivity index (χ4n) is 2.60. The lowest BCUT2D eigenvalue weighted by atomic mass is 9.76. The summed E-state index contributed by atoms with van der Waals surface area (Å²) in [4.78, 5) is 12.2. The molecular formula is C12H12BrNOS. The molecule has 2 heterocycles. The number of amides is 1. The summed E-state index contributed by atoms with van der Waals surface area (Å²) < 4.78 is 1.06. The molecule has 16 heavy (non-hydrogen) atoms. The van der Waals surface area contributed by atoms with Gasteiger partial charge in [-0.1, -0.05) is 15.9 Å². The average molecular weight is 298 g/mol. The van der Waals surface area contributed by atoms with E-state index in [0.29, 0.717) is 0 Å². The first-order chi connectivity index (χ1) is 7.72. The SMILES string of the molecule is O=C1Nc2ccc(Br)cc2C12CCSCC2. The van der Waals surface area contributed by atoms with Gasteiger partial charge in [-0.25, -0.2) is 0 Å². The van der Waals surface area contributed by atoms with Crippen LogP contribution in [0.3, 0.4) is 0 Å². The fourth-order valence-corrected chi connectivity index (χ4v) is 4.15. The number of hydrogen-bond donors (Lipinski definition) is 1. The topological polar surface area (TPSA) is 29.1 Å². The van der Waals surface area contributed by atoms with Crippen LogP contribution in [0.1, 0.15) is 18.4 Å². The van der Waals surface area contributed by atoms with Gasteiger partial charge in [-0.3, -0.25) is 4.79 Å². The average Bonchev–Trinajstić information content (AvgIpc) is 2.55. The molecule has 0 aliphatic carbocycles. The van der Waals surface area contributed by atoms with Crippen molar-refractivity contribution in [2.75, 3.05) is 16.8 Å². The van der Waals surface area contributed by atoms with Gasteiger partial charge in [-0.2, -0.15) is 11.8 Å². The zero-order valence-corrected chi connectivity index (χ0v) is 11.2. The molecule has 3 rings (SSSR count). The van der Waals surface area contributed by atoms with E-state index in [1.165, 1.54) is 5.56 Å². The Kier molecular flexibility index (Phi) is 2.51. The molecule has 1 saturated heterocycles. The zero-order chi connectivity index (χ0) is 11.2. The summed E-state index contributed by atoms with van der Waals surface area (Å²) in [6.45, 7) is 0. The van der Waals surface area contributed by atoms with Gasteiger partial charge in [0, 0.05) is 10.2 Å². The van der Waals surface area contributed by atoms with Gasteiger partial charge in [-0.15, -0.1) is 0 Å². The van der Waals surface area contributed by atoms with Crippen molar-refractivity contribution in [1.29, 1.82) is 0 Å². The Balaban J connectivity index is 2.13. The van der Waals surface area contributed by atoms with Crippen LogP contribution in [0.25, 0.3) is 0 Å². The molecule has 0 saturated carbocycles. The molecular weight excluding hydrogens is 286 g/mol. The quantitative estimate of drug-likeness (QED) is 0.797. The molecule has 84 valence electrons. The van der Waals surface area contributed by atoms with Crippen molar-refractivity contribution >= 4 is 39.3 Å². The molecule has 1 N–H and O–H groups in total. The second-order valence-electron chi connectivity index (χ2n) is 4.34. The fraction of sp³-hybridized carbons (Fsp3) is 0.417. The van der Waals surface area contributed by atoms with Gasteiger partial charge in [0.15, 0.2) is 0 Å². The molecule has 1 amide bonds. The third-order valence-corrected chi connectivity index (χ3v) is 5.01. The van der Waals surface area contributed by atoms with E-state index in [0.717, 1.165) is 34.5 Å². The summed E-state index contributed by atoms with van der Waals surface area (Å²) in [5, 5.41) is 3.02. The summed E-state index contributed by atoms with van der Waals surface area (Å²) in [6, 6.07) is 6.08. The number of rotatable bonds is 0. The van der Waals surface area contributed by atoms with Crippen molar-refractivity contribution in [3.05, 3.63) is 28.2 Å². The van der Waals surface area contributed by atoms with Gasteiger partial charge in [0.25, 0.3) is 0 Å². The lowest BCUT2D eigenvalue weighted by Crippen LogP contribution is -2.37. The Morgan fingerprint density at radius 2 is 2.06 bits per heavy atom. The number of nitrogens with one attached hydrogen (secondary N) is 1. The summed E-state index contributed by atoms with van der Waals surface area (Å²) >= 11 is 5.44. The number of carbonyl (C=O) groups excluding carboxylic acids is 1. The Morgan fingerprint density at radius 1 is 1.31 bits per heavy atom. The zero-order valence-electron chi connectivity index (χ0n) is 8.75. The minimum atomic E-state index is -0.246. The van der Waals surface area contributed by atoms with Gasteiger partial charge in [0.2, 0.25) is 5.91 Å². The smallest absolute Gasteiger partial charge is 0.235 e. The molecule has 2 aliphatic rings.